The van der Waals surface area contributed by atoms with Crippen LogP contribution in [0.25, 0.3) is 10.3 Å². The molecule has 0 saturated carbocycles. The van der Waals surface area contributed by atoms with E-state index in [1.165, 1.54) is 13.3 Å². The number of fused-ring (bicyclic) bond motifs is 1. The van der Waals surface area contributed by atoms with E-state index in [9.17, 15) is 8.42 Å². The van der Waals surface area contributed by atoms with E-state index in [1.807, 2.05) is 0 Å². The Hall–Kier alpha value is -1.28. The Balaban J connectivity index is 2.61. The Kier molecular flexibility index (Phi) is 2.76. The second-order valence-electron chi connectivity index (χ2n) is 2.93. The van der Waals surface area contributed by atoms with Gasteiger partial charge < -0.3 is 4.74 Å². The fourth-order valence-electron chi connectivity index (χ4n) is 1.06. The molecule has 16 heavy (non-hydrogen) atoms. The molecule has 0 fully saturated rings. The maximum absolute atomic E-state index is 11.6. The standard InChI is InChI=1S/C8H9N3O3S2/c1-3-16(12,13)8-10-5-4-9-7(14-2)11-6(5)15-8/h4H,3H2,1-2H3. The van der Waals surface area contributed by atoms with Gasteiger partial charge in [0.05, 0.1) is 19.1 Å². The third-order valence-corrected chi connectivity index (χ3v) is 5.09. The average Bonchev–Trinajstić information content (AvgIpc) is 2.72. The molecule has 0 aromatic carbocycles. The SMILES string of the molecule is CCS(=O)(=O)c1nc2cnc(OC)nc2s1. The number of hydrogen-bond donors (Lipinski definition) is 0. The molecule has 2 heterocycles. The fourth-order valence-corrected chi connectivity index (χ4v) is 3.27. The van der Waals surface area contributed by atoms with Crippen molar-refractivity contribution in [1.82, 2.24) is 15.0 Å². The molecular weight excluding hydrogens is 250 g/mol. The molecule has 0 aliphatic heterocycles. The normalized spacial score (nSPS) is 11.9. The largest absolute Gasteiger partial charge is 0.467 e. The number of sulfone groups is 1. The van der Waals surface area contributed by atoms with Crippen molar-refractivity contribution in [3.8, 4) is 6.01 Å². The van der Waals surface area contributed by atoms with Crippen molar-refractivity contribution >= 4 is 31.5 Å². The molecule has 0 aliphatic carbocycles. The third-order valence-electron chi connectivity index (χ3n) is 1.94. The monoisotopic (exact) mass is 259 g/mol. The van der Waals surface area contributed by atoms with Gasteiger partial charge in [-0.2, -0.15) is 4.98 Å². The van der Waals surface area contributed by atoms with Gasteiger partial charge >= 0.3 is 6.01 Å². The first kappa shape index (κ1) is 11.2. The molecule has 0 bridgehead atoms. The summed E-state index contributed by atoms with van der Waals surface area (Å²) in [6, 6.07) is 0.205. The van der Waals surface area contributed by atoms with E-state index in [2.05, 4.69) is 15.0 Å². The highest BCUT2D eigenvalue weighted by molar-refractivity contribution is 7.93. The molecule has 6 nitrogen and oxygen atoms in total. The van der Waals surface area contributed by atoms with Crippen molar-refractivity contribution in [2.24, 2.45) is 0 Å². The minimum Gasteiger partial charge on any atom is -0.467 e. The van der Waals surface area contributed by atoms with Crippen molar-refractivity contribution in [3.05, 3.63) is 6.20 Å². The molecule has 0 N–H and O–H groups in total. The van der Waals surface area contributed by atoms with Gasteiger partial charge in [-0.05, 0) is 0 Å². The number of aromatic nitrogens is 3. The van der Waals surface area contributed by atoms with E-state index in [0.717, 1.165) is 11.3 Å². The molecule has 0 radical (unpaired) electrons. The summed E-state index contributed by atoms with van der Waals surface area (Å²) in [5.41, 5.74) is 0.470. The summed E-state index contributed by atoms with van der Waals surface area (Å²) in [6.45, 7) is 1.58. The van der Waals surface area contributed by atoms with Crippen molar-refractivity contribution in [2.45, 2.75) is 11.3 Å². The number of rotatable bonds is 3. The van der Waals surface area contributed by atoms with Crippen LogP contribution in [0, 0.1) is 0 Å². The predicted octanol–water partition coefficient (Wildman–Crippen LogP) is 0.889. The fraction of sp³-hybridized carbons (Fsp3) is 0.375. The van der Waals surface area contributed by atoms with Gasteiger partial charge in [0.25, 0.3) is 0 Å². The first-order valence-electron chi connectivity index (χ1n) is 4.47. The van der Waals surface area contributed by atoms with Gasteiger partial charge in [-0.15, -0.1) is 0 Å². The van der Waals surface area contributed by atoms with Gasteiger partial charge in [-0.25, -0.2) is 18.4 Å². The van der Waals surface area contributed by atoms with Crippen LogP contribution in [0.1, 0.15) is 6.92 Å². The van der Waals surface area contributed by atoms with Crippen LogP contribution < -0.4 is 4.74 Å². The van der Waals surface area contributed by atoms with Crippen LogP contribution in [0.2, 0.25) is 0 Å². The highest BCUT2D eigenvalue weighted by Gasteiger charge is 2.18. The summed E-state index contributed by atoms with van der Waals surface area (Å²) < 4.78 is 28.1. The Labute approximate surface area is 96.2 Å². The van der Waals surface area contributed by atoms with Crippen molar-refractivity contribution in [2.75, 3.05) is 12.9 Å². The lowest BCUT2D eigenvalue weighted by Gasteiger charge is -1.93. The second-order valence-corrected chi connectivity index (χ2v) is 6.36. The van der Waals surface area contributed by atoms with E-state index >= 15 is 0 Å². The van der Waals surface area contributed by atoms with Crippen LogP contribution in [0.5, 0.6) is 6.01 Å². The maximum Gasteiger partial charge on any atom is 0.317 e. The van der Waals surface area contributed by atoms with Crippen LogP contribution in [0.3, 0.4) is 0 Å². The van der Waals surface area contributed by atoms with Crippen LogP contribution in [-0.4, -0.2) is 36.2 Å². The summed E-state index contributed by atoms with van der Waals surface area (Å²) in [4.78, 5) is 12.4. The Morgan fingerprint density at radius 3 is 2.81 bits per heavy atom. The number of hydrogen-bond acceptors (Lipinski definition) is 7. The van der Waals surface area contributed by atoms with Crippen LogP contribution in [0.15, 0.2) is 10.5 Å². The average molecular weight is 259 g/mol. The third kappa shape index (κ3) is 1.85. The number of nitrogens with zero attached hydrogens (tertiary/aromatic N) is 3. The summed E-state index contributed by atoms with van der Waals surface area (Å²) in [5, 5.41) is 0. The Bertz CT molecular complexity index is 620. The summed E-state index contributed by atoms with van der Waals surface area (Å²) in [7, 11) is -1.83. The maximum atomic E-state index is 11.6. The Morgan fingerprint density at radius 1 is 1.44 bits per heavy atom. The molecule has 86 valence electrons. The van der Waals surface area contributed by atoms with Gasteiger partial charge in [0.1, 0.15) is 5.52 Å². The smallest absolute Gasteiger partial charge is 0.317 e. The quantitative estimate of drug-likeness (QED) is 0.814. The van der Waals surface area contributed by atoms with E-state index in [1.54, 1.807) is 6.92 Å². The molecule has 0 saturated heterocycles. The first-order valence-corrected chi connectivity index (χ1v) is 6.94. The molecule has 0 atom stereocenters. The van der Waals surface area contributed by atoms with E-state index in [-0.39, 0.29) is 16.1 Å². The molecule has 2 rings (SSSR count). The second kappa shape index (κ2) is 3.95. The molecule has 0 unspecified atom stereocenters. The molecule has 2 aromatic heterocycles. The van der Waals surface area contributed by atoms with Gasteiger partial charge in [0, 0.05) is 0 Å². The van der Waals surface area contributed by atoms with Crippen molar-refractivity contribution < 1.29 is 13.2 Å². The molecule has 0 spiro atoms. The lowest BCUT2D eigenvalue weighted by molar-refractivity contribution is 0.382. The first-order chi connectivity index (χ1) is 7.56. The lowest BCUT2D eigenvalue weighted by Crippen LogP contribution is -2.02. The van der Waals surface area contributed by atoms with E-state index < -0.39 is 9.84 Å². The van der Waals surface area contributed by atoms with Crippen LogP contribution in [-0.2, 0) is 9.84 Å². The van der Waals surface area contributed by atoms with Crippen molar-refractivity contribution in [1.29, 1.82) is 0 Å². The molecular formula is C8H9N3O3S2. The zero-order valence-electron chi connectivity index (χ0n) is 8.67. The zero-order valence-corrected chi connectivity index (χ0v) is 10.3. The van der Waals surface area contributed by atoms with Gasteiger partial charge in [-0.1, -0.05) is 18.3 Å². The van der Waals surface area contributed by atoms with E-state index in [4.69, 9.17) is 4.74 Å². The highest BCUT2D eigenvalue weighted by Crippen LogP contribution is 2.25. The van der Waals surface area contributed by atoms with Gasteiger partial charge in [0.2, 0.25) is 14.2 Å². The van der Waals surface area contributed by atoms with Crippen LogP contribution >= 0.6 is 11.3 Å². The van der Waals surface area contributed by atoms with Gasteiger partial charge in [0.15, 0.2) is 4.83 Å². The zero-order chi connectivity index (χ0) is 11.8. The topological polar surface area (TPSA) is 82.0 Å². The predicted molar refractivity (Wildman–Crippen MR) is 59.5 cm³/mol. The minimum absolute atomic E-state index is 0.0252. The van der Waals surface area contributed by atoms with Crippen molar-refractivity contribution in [3.63, 3.8) is 0 Å². The molecule has 8 heteroatoms. The molecule has 0 aliphatic rings. The number of methoxy groups -OCH3 is 1. The minimum atomic E-state index is -3.28. The van der Waals surface area contributed by atoms with Crippen LogP contribution in [0.4, 0.5) is 0 Å². The molecule has 2 aromatic rings. The lowest BCUT2D eigenvalue weighted by atomic mass is 10.6. The van der Waals surface area contributed by atoms with Gasteiger partial charge in [-0.3, -0.25) is 0 Å². The number of thiazole rings is 1. The summed E-state index contributed by atoms with van der Waals surface area (Å²) >= 11 is 1.03. The molecule has 0 amide bonds. The number of ether oxygens (including phenoxy) is 1. The highest BCUT2D eigenvalue weighted by atomic mass is 32.2. The summed E-state index contributed by atoms with van der Waals surface area (Å²) in [5.74, 6) is 0.0252. The summed E-state index contributed by atoms with van der Waals surface area (Å²) in [6.07, 6.45) is 1.45. The Morgan fingerprint density at radius 2 is 2.19 bits per heavy atom. The van der Waals surface area contributed by atoms with E-state index in [0.29, 0.717) is 10.3 Å².